The minimum atomic E-state index is -0.568. The summed E-state index contributed by atoms with van der Waals surface area (Å²) in [6.07, 6.45) is 0.481. The summed E-state index contributed by atoms with van der Waals surface area (Å²) >= 11 is 6.84. The van der Waals surface area contributed by atoms with Crippen LogP contribution < -0.4 is 10.6 Å². The van der Waals surface area contributed by atoms with E-state index in [9.17, 15) is 4.79 Å². The number of fused-ring (bicyclic) bond motifs is 1. The third-order valence-electron chi connectivity index (χ3n) is 3.59. The van der Waals surface area contributed by atoms with Crippen molar-refractivity contribution in [2.24, 2.45) is 0 Å². The van der Waals surface area contributed by atoms with E-state index in [2.05, 4.69) is 15.6 Å². The molecule has 0 aliphatic heterocycles. The van der Waals surface area contributed by atoms with Crippen LogP contribution in [0.5, 0.6) is 0 Å². The highest BCUT2D eigenvalue weighted by molar-refractivity contribution is 7.80. The van der Waals surface area contributed by atoms with Gasteiger partial charge in [0, 0.05) is 6.42 Å². The largest absolute Gasteiger partial charge is 0.467 e. The first kappa shape index (κ1) is 17.3. The number of methoxy groups -OCH3 is 1. The quantitative estimate of drug-likeness (QED) is 0.530. The maximum absolute atomic E-state index is 12.1. The Morgan fingerprint density at radius 3 is 2.64 bits per heavy atom. The van der Waals surface area contributed by atoms with Crippen molar-refractivity contribution in [2.45, 2.75) is 12.5 Å². The molecule has 0 bridgehead atoms. The van der Waals surface area contributed by atoms with Crippen molar-refractivity contribution in [3.05, 3.63) is 60.2 Å². The smallest absolute Gasteiger partial charge is 0.328 e. The molecule has 7 heteroatoms. The Bertz CT molecular complexity index is 847. The van der Waals surface area contributed by atoms with E-state index in [1.807, 2.05) is 54.6 Å². The van der Waals surface area contributed by atoms with Crippen molar-refractivity contribution in [1.82, 2.24) is 10.3 Å². The van der Waals surface area contributed by atoms with Crippen LogP contribution in [0.1, 0.15) is 5.56 Å². The van der Waals surface area contributed by atoms with E-state index in [1.165, 1.54) is 18.4 Å². The summed E-state index contributed by atoms with van der Waals surface area (Å²) in [7, 11) is 1.37. The van der Waals surface area contributed by atoms with Gasteiger partial charge in [-0.15, -0.1) is 0 Å². The van der Waals surface area contributed by atoms with Crippen molar-refractivity contribution < 1.29 is 9.53 Å². The van der Waals surface area contributed by atoms with E-state index in [0.29, 0.717) is 16.7 Å². The predicted octanol–water partition coefficient (Wildman–Crippen LogP) is 3.37. The van der Waals surface area contributed by atoms with E-state index < -0.39 is 6.04 Å². The van der Waals surface area contributed by atoms with Crippen LogP contribution in [-0.4, -0.2) is 29.2 Å². The van der Waals surface area contributed by atoms with Gasteiger partial charge in [-0.05, 0) is 29.9 Å². The molecule has 3 aromatic rings. The summed E-state index contributed by atoms with van der Waals surface area (Å²) in [5, 5.41) is 7.09. The number of rotatable bonds is 5. The number of para-hydroxylation sites is 1. The number of carbonyl (C=O) groups is 1. The number of nitrogens with one attached hydrogen (secondary N) is 2. The summed E-state index contributed by atoms with van der Waals surface area (Å²) in [6, 6.07) is 17.0. The van der Waals surface area contributed by atoms with E-state index >= 15 is 0 Å². The number of nitrogens with zero attached hydrogens (tertiary/aromatic N) is 1. The van der Waals surface area contributed by atoms with Gasteiger partial charge in [0.1, 0.15) is 6.04 Å². The van der Waals surface area contributed by atoms with Gasteiger partial charge in [0.25, 0.3) is 0 Å². The number of esters is 1. The Morgan fingerprint density at radius 2 is 1.92 bits per heavy atom. The number of hydrogen-bond acceptors (Lipinski definition) is 5. The average Bonchev–Trinajstić information content (AvgIpc) is 3.03. The fourth-order valence-electron chi connectivity index (χ4n) is 2.40. The third kappa shape index (κ3) is 4.52. The zero-order valence-corrected chi connectivity index (χ0v) is 15.2. The minimum Gasteiger partial charge on any atom is -0.467 e. The van der Waals surface area contributed by atoms with Crippen LogP contribution >= 0.6 is 23.6 Å². The van der Waals surface area contributed by atoms with E-state index in [0.717, 1.165) is 15.8 Å². The molecular formula is C18H17N3O2S2. The summed E-state index contributed by atoms with van der Waals surface area (Å²) in [5.74, 6) is -0.364. The van der Waals surface area contributed by atoms with Crippen molar-refractivity contribution in [2.75, 3.05) is 12.4 Å². The maximum Gasteiger partial charge on any atom is 0.328 e. The van der Waals surface area contributed by atoms with Crippen LogP contribution in [0.3, 0.4) is 0 Å². The van der Waals surface area contributed by atoms with Gasteiger partial charge in [-0.25, -0.2) is 9.78 Å². The topological polar surface area (TPSA) is 63.2 Å². The zero-order valence-electron chi connectivity index (χ0n) is 13.6. The molecule has 0 aliphatic rings. The zero-order chi connectivity index (χ0) is 17.6. The maximum atomic E-state index is 12.1. The lowest BCUT2D eigenvalue weighted by Crippen LogP contribution is -2.44. The van der Waals surface area contributed by atoms with Crippen molar-refractivity contribution in [3.8, 4) is 0 Å². The lowest BCUT2D eigenvalue weighted by molar-refractivity contribution is -0.142. The summed E-state index contributed by atoms with van der Waals surface area (Å²) < 4.78 is 5.95. The first-order valence-electron chi connectivity index (χ1n) is 7.70. The first-order chi connectivity index (χ1) is 12.2. The van der Waals surface area contributed by atoms with Gasteiger partial charge in [-0.3, -0.25) is 0 Å². The monoisotopic (exact) mass is 371 g/mol. The fourth-order valence-corrected chi connectivity index (χ4v) is 3.58. The Morgan fingerprint density at radius 1 is 1.20 bits per heavy atom. The molecule has 0 saturated heterocycles. The molecule has 2 N–H and O–H groups in total. The number of ether oxygens (including phenoxy) is 1. The molecule has 1 unspecified atom stereocenters. The summed E-state index contributed by atoms with van der Waals surface area (Å²) in [4.78, 5) is 16.5. The lowest BCUT2D eigenvalue weighted by Gasteiger charge is -2.18. The Kier molecular flexibility index (Phi) is 5.57. The molecule has 1 atom stereocenters. The number of benzene rings is 2. The molecule has 0 saturated carbocycles. The number of thiazole rings is 1. The average molecular weight is 371 g/mol. The molecule has 25 heavy (non-hydrogen) atoms. The molecule has 0 aliphatic carbocycles. The van der Waals surface area contributed by atoms with Crippen molar-refractivity contribution >= 4 is 50.0 Å². The number of carbonyl (C=O) groups excluding carboxylic acids is 1. The molecule has 3 rings (SSSR count). The van der Waals surface area contributed by atoms with Crippen LogP contribution in [0.4, 0.5) is 5.13 Å². The number of aromatic nitrogens is 1. The molecule has 0 radical (unpaired) electrons. The van der Waals surface area contributed by atoms with Gasteiger partial charge in [0.15, 0.2) is 10.2 Å². The normalized spacial score (nSPS) is 11.7. The van der Waals surface area contributed by atoms with Crippen molar-refractivity contribution in [1.29, 1.82) is 0 Å². The molecule has 0 fully saturated rings. The van der Waals surface area contributed by atoms with Crippen molar-refractivity contribution in [3.63, 3.8) is 0 Å². The Labute approximate surface area is 155 Å². The molecule has 1 aromatic heterocycles. The van der Waals surface area contributed by atoms with Gasteiger partial charge in [0.2, 0.25) is 0 Å². The molecular weight excluding hydrogens is 354 g/mol. The lowest BCUT2D eigenvalue weighted by atomic mass is 10.1. The second kappa shape index (κ2) is 8.04. The molecule has 0 amide bonds. The Hall–Kier alpha value is -2.51. The van der Waals surface area contributed by atoms with Gasteiger partial charge in [0.05, 0.1) is 17.3 Å². The number of anilines is 1. The second-order valence-corrected chi connectivity index (χ2v) is 6.79. The molecule has 2 aromatic carbocycles. The molecule has 0 spiro atoms. The van der Waals surface area contributed by atoms with Crippen LogP contribution in [0.25, 0.3) is 10.2 Å². The van der Waals surface area contributed by atoms with Gasteiger partial charge >= 0.3 is 5.97 Å². The van der Waals surface area contributed by atoms with E-state index in [1.54, 1.807) is 0 Å². The predicted molar refractivity (Wildman–Crippen MR) is 105 cm³/mol. The molecule has 128 valence electrons. The second-order valence-electron chi connectivity index (χ2n) is 5.35. The highest BCUT2D eigenvalue weighted by Crippen LogP contribution is 2.25. The van der Waals surface area contributed by atoms with Gasteiger partial charge in [-0.1, -0.05) is 53.8 Å². The minimum absolute atomic E-state index is 0.338. The number of thiocarbonyl (C=S) groups is 1. The van der Waals surface area contributed by atoms with Crippen LogP contribution in [-0.2, 0) is 16.0 Å². The van der Waals surface area contributed by atoms with Gasteiger partial charge < -0.3 is 15.4 Å². The highest BCUT2D eigenvalue weighted by atomic mass is 32.1. The molecule has 5 nitrogen and oxygen atoms in total. The highest BCUT2D eigenvalue weighted by Gasteiger charge is 2.21. The van der Waals surface area contributed by atoms with Gasteiger partial charge in [-0.2, -0.15) is 0 Å². The Balaban J connectivity index is 1.68. The van der Waals surface area contributed by atoms with E-state index in [4.69, 9.17) is 17.0 Å². The fraction of sp³-hybridized carbons (Fsp3) is 0.167. The summed E-state index contributed by atoms with van der Waals surface area (Å²) in [6.45, 7) is 0. The summed E-state index contributed by atoms with van der Waals surface area (Å²) in [5.41, 5.74) is 1.93. The van der Waals surface area contributed by atoms with Crippen LogP contribution in [0.2, 0.25) is 0 Å². The van der Waals surface area contributed by atoms with Crippen LogP contribution in [0.15, 0.2) is 54.6 Å². The first-order valence-corrected chi connectivity index (χ1v) is 8.93. The molecule has 1 heterocycles. The van der Waals surface area contributed by atoms with E-state index in [-0.39, 0.29) is 5.97 Å². The standard InChI is InChI=1S/C18H17N3O2S2/c1-23-16(22)14(11-12-7-3-2-4-8-12)19-17(24)21-18-20-13-9-5-6-10-15(13)25-18/h2-10,14H,11H2,1H3,(H2,19,20,21,24). The SMILES string of the molecule is COC(=O)C(Cc1ccccc1)NC(=S)Nc1nc2ccccc2s1. The van der Waals surface area contributed by atoms with Crippen LogP contribution in [0, 0.1) is 0 Å². The number of hydrogen-bond donors (Lipinski definition) is 2. The third-order valence-corrected chi connectivity index (χ3v) is 4.76.